The lowest BCUT2D eigenvalue weighted by molar-refractivity contribution is -0.137. The number of benzene rings is 1. The monoisotopic (exact) mass is 514 g/mol. The first kappa shape index (κ1) is 25.4. The van der Waals surface area contributed by atoms with Crippen molar-refractivity contribution in [1.82, 2.24) is 14.9 Å². The Labute approximate surface area is 212 Å². The number of halogens is 3. The van der Waals surface area contributed by atoms with Crippen LogP contribution in [0.5, 0.6) is 0 Å². The third-order valence-corrected chi connectivity index (χ3v) is 7.48. The second kappa shape index (κ2) is 9.90. The maximum atomic E-state index is 13.9. The van der Waals surface area contributed by atoms with Crippen LogP contribution in [0, 0.1) is 5.92 Å². The number of fused-ring (bicyclic) bond motifs is 3. The minimum atomic E-state index is -4.47. The van der Waals surface area contributed by atoms with Gasteiger partial charge in [0.25, 0.3) is 5.91 Å². The minimum absolute atomic E-state index is 0.0891. The average Bonchev–Trinajstić information content (AvgIpc) is 3.29. The molecule has 1 unspecified atom stereocenters. The lowest BCUT2D eigenvalue weighted by atomic mass is 9.91. The second-order valence-electron chi connectivity index (χ2n) is 9.73. The van der Waals surface area contributed by atoms with E-state index in [1.165, 1.54) is 6.07 Å². The first-order valence-corrected chi connectivity index (χ1v) is 12.4. The standard InChI is InChI=1S/C27H29F3N4O3/c1-15(17-7-9-36-10-8-17)34(13-20-5-4-19(12-32-20)27(28,29)30)26(35)18-3-6-23-21(11-18)22-14-37-16(2)24(22)25(31)33-23/h3-6,11-12,15-17H,7-10,13-14H2,1-2H3,(H2,31,33)/t15?,16-/m0/s1. The molecule has 4 heterocycles. The van der Waals surface area contributed by atoms with Crippen LogP contribution < -0.4 is 5.73 Å². The van der Waals surface area contributed by atoms with Crippen LogP contribution in [0.4, 0.5) is 19.0 Å². The molecular weight excluding hydrogens is 485 g/mol. The largest absolute Gasteiger partial charge is 0.417 e. The van der Waals surface area contributed by atoms with E-state index in [9.17, 15) is 18.0 Å². The van der Waals surface area contributed by atoms with Gasteiger partial charge in [-0.05, 0) is 68.5 Å². The van der Waals surface area contributed by atoms with Crippen LogP contribution in [0.2, 0.25) is 0 Å². The van der Waals surface area contributed by atoms with Crippen LogP contribution in [0.3, 0.4) is 0 Å². The molecule has 0 saturated carbocycles. The Morgan fingerprint density at radius 2 is 1.97 bits per heavy atom. The number of hydrogen-bond acceptors (Lipinski definition) is 6. The topological polar surface area (TPSA) is 90.6 Å². The van der Waals surface area contributed by atoms with Gasteiger partial charge in [-0.1, -0.05) is 0 Å². The van der Waals surface area contributed by atoms with E-state index >= 15 is 0 Å². The number of nitrogens with zero attached hydrogens (tertiary/aromatic N) is 3. The molecule has 1 aromatic carbocycles. The Hall–Kier alpha value is -3.24. The molecule has 2 aliphatic heterocycles. The van der Waals surface area contributed by atoms with Crippen LogP contribution in [-0.2, 0) is 28.8 Å². The highest BCUT2D eigenvalue weighted by molar-refractivity contribution is 5.99. The molecule has 0 aliphatic carbocycles. The smallest absolute Gasteiger partial charge is 0.383 e. The SMILES string of the molecule is CC(C1CCOCC1)N(Cc1ccc(C(F)(F)F)cn1)C(=O)c1ccc2nc(N)c3c(c2c1)CO[C@H]3C. The van der Waals surface area contributed by atoms with Crippen LogP contribution in [0.1, 0.15) is 65.5 Å². The Bertz CT molecular complexity index is 1310. The summed E-state index contributed by atoms with van der Waals surface area (Å²) in [7, 11) is 0. The maximum absolute atomic E-state index is 13.9. The number of hydrogen-bond donors (Lipinski definition) is 1. The van der Waals surface area contributed by atoms with Crippen molar-refractivity contribution in [2.24, 2.45) is 5.92 Å². The molecule has 0 radical (unpaired) electrons. The summed E-state index contributed by atoms with van der Waals surface area (Å²) in [6.45, 7) is 5.60. The summed E-state index contributed by atoms with van der Waals surface area (Å²) in [5.74, 6) is 0.405. The number of aromatic nitrogens is 2. The van der Waals surface area contributed by atoms with E-state index in [2.05, 4.69) is 9.97 Å². The summed E-state index contributed by atoms with van der Waals surface area (Å²) in [4.78, 5) is 24.2. The first-order chi connectivity index (χ1) is 17.6. The molecule has 1 fully saturated rings. The van der Waals surface area contributed by atoms with Crippen molar-refractivity contribution in [3.63, 3.8) is 0 Å². The number of nitrogen functional groups attached to an aromatic ring is 1. The number of alkyl halides is 3. The molecule has 1 saturated heterocycles. The molecule has 2 atom stereocenters. The number of rotatable bonds is 5. The number of carbonyl (C=O) groups is 1. The highest BCUT2D eigenvalue weighted by Gasteiger charge is 2.33. The van der Waals surface area contributed by atoms with Crippen LogP contribution in [0.15, 0.2) is 36.5 Å². The maximum Gasteiger partial charge on any atom is 0.417 e. The predicted molar refractivity (Wildman–Crippen MR) is 131 cm³/mol. The van der Waals surface area contributed by atoms with Crippen molar-refractivity contribution < 1.29 is 27.4 Å². The van der Waals surface area contributed by atoms with Gasteiger partial charge >= 0.3 is 6.18 Å². The number of pyridine rings is 2. The number of carbonyl (C=O) groups excluding carboxylic acids is 1. The third-order valence-electron chi connectivity index (χ3n) is 7.48. The van der Waals surface area contributed by atoms with Gasteiger partial charge in [0.15, 0.2) is 0 Å². The number of anilines is 1. The van der Waals surface area contributed by atoms with Gasteiger partial charge in [0.1, 0.15) is 5.82 Å². The van der Waals surface area contributed by atoms with Gasteiger partial charge in [0, 0.05) is 42.0 Å². The molecule has 0 spiro atoms. The van der Waals surface area contributed by atoms with E-state index in [-0.39, 0.29) is 30.5 Å². The van der Waals surface area contributed by atoms with Crippen molar-refractivity contribution in [3.05, 3.63) is 64.5 Å². The average molecular weight is 515 g/mol. The molecular formula is C27H29F3N4O3. The van der Waals surface area contributed by atoms with Crippen molar-refractivity contribution in [1.29, 1.82) is 0 Å². The molecule has 10 heteroatoms. The van der Waals surface area contributed by atoms with Crippen molar-refractivity contribution >= 4 is 22.6 Å². The van der Waals surface area contributed by atoms with Crippen LogP contribution >= 0.6 is 0 Å². The molecule has 196 valence electrons. The normalized spacial score (nSPS) is 19.1. The lowest BCUT2D eigenvalue weighted by Crippen LogP contribution is -2.44. The molecule has 3 aromatic rings. The zero-order valence-electron chi connectivity index (χ0n) is 20.7. The summed E-state index contributed by atoms with van der Waals surface area (Å²) in [5.41, 5.74) is 8.65. The molecule has 0 bridgehead atoms. The highest BCUT2D eigenvalue weighted by atomic mass is 19.4. The Morgan fingerprint density at radius 3 is 2.65 bits per heavy atom. The Kier molecular flexibility index (Phi) is 6.80. The fourth-order valence-electron chi connectivity index (χ4n) is 5.28. The summed E-state index contributed by atoms with van der Waals surface area (Å²) >= 11 is 0. The first-order valence-electron chi connectivity index (χ1n) is 12.4. The molecule has 7 nitrogen and oxygen atoms in total. The summed E-state index contributed by atoms with van der Waals surface area (Å²) < 4.78 is 50.4. The van der Waals surface area contributed by atoms with Crippen molar-refractivity contribution in [2.75, 3.05) is 18.9 Å². The third kappa shape index (κ3) is 5.00. The minimum Gasteiger partial charge on any atom is -0.383 e. The van der Waals surface area contributed by atoms with Gasteiger partial charge in [0.05, 0.1) is 36.0 Å². The Balaban J connectivity index is 1.50. The fraction of sp³-hybridized carbons (Fsp3) is 0.444. The zero-order valence-corrected chi connectivity index (χ0v) is 20.7. The van der Waals surface area contributed by atoms with E-state index in [0.717, 1.165) is 41.6 Å². The van der Waals surface area contributed by atoms with E-state index in [1.807, 2.05) is 19.9 Å². The van der Waals surface area contributed by atoms with Gasteiger partial charge in [-0.3, -0.25) is 9.78 Å². The van der Waals surface area contributed by atoms with E-state index in [0.29, 0.717) is 42.4 Å². The number of amides is 1. The molecule has 37 heavy (non-hydrogen) atoms. The number of ether oxygens (including phenoxy) is 2. The van der Waals surface area contributed by atoms with Crippen LogP contribution in [0.25, 0.3) is 10.9 Å². The van der Waals surface area contributed by atoms with E-state index in [4.69, 9.17) is 15.2 Å². The van der Waals surface area contributed by atoms with Crippen LogP contribution in [-0.4, -0.2) is 40.0 Å². The molecule has 1 amide bonds. The fourth-order valence-corrected chi connectivity index (χ4v) is 5.28. The zero-order chi connectivity index (χ0) is 26.3. The summed E-state index contributed by atoms with van der Waals surface area (Å²) in [5, 5.41) is 0.811. The van der Waals surface area contributed by atoms with Gasteiger partial charge in [-0.2, -0.15) is 13.2 Å². The number of nitrogens with two attached hydrogens (primary N) is 1. The molecule has 2 aromatic heterocycles. The molecule has 2 N–H and O–H groups in total. The van der Waals surface area contributed by atoms with E-state index < -0.39 is 11.7 Å². The quantitative estimate of drug-likeness (QED) is 0.498. The molecule has 5 rings (SSSR count). The summed E-state index contributed by atoms with van der Waals surface area (Å²) in [6.07, 6.45) is -2.24. The Morgan fingerprint density at radius 1 is 1.22 bits per heavy atom. The molecule has 2 aliphatic rings. The van der Waals surface area contributed by atoms with Gasteiger partial charge in [-0.15, -0.1) is 0 Å². The summed E-state index contributed by atoms with van der Waals surface area (Å²) in [6, 6.07) is 7.46. The van der Waals surface area contributed by atoms with Gasteiger partial charge in [-0.25, -0.2) is 4.98 Å². The van der Waals surface area contributed by atoms with Crippen molar-refractivity contribution in [2.45, 2.75) is 58.2 Å². The second-order valence-corrected chi connectivity index (χ2v) is 9.73. The van der Waals surface area contributed by atoms with Gasteiger partial charge in [0.2, 0.25) is 0 Å². The van der Waals surface area contributed by atoms with Gasteiger partial charge < -0.3 is 20.1 Å². The van der Waals surface area contributed by atoms with Crippen molar-refractivity contribution in [3.8, 4) is 0 Å². The lowest BCUT2D eigenvalue weighted by Gasteiger charge is -2.36. The highest BCUT2D eigenvalue weighted by Crippen LogP contribution is 2.38. The predicted octanol–water partition coefficient (Wildman–Crippen LogP) is 5.28. The van der Waals surface area contributed by atoms with E-state index in [1.54, 1.807) is 17.0 Å².